The highest BCUT2D eigenvalue weighted by molar-refractivity contribution is 5.95. The maximum absolute atomic E-state index is 12.9. The van der Waals surface area contributed by atoms with Crippen LogP contribution >= 0.6 is 0 Å². The molecule has 1 fully saturated rings. The van der Waals surface area contributed by atoms with Crippen molar-refractivity contribution >= 4 is 17.4 Å². The van der Waals surface area contributed by atoms with Gasteiger partial charge < -0.3 is 19.9 Å². The molecule has 0 radical (unpaired) electrons. The quantitative estimate of drug-likeness (QED) is 0.794. The Hall–Kier alpha value is -2.76. The monoisotopic (exact) mass is 382 g/mol. The average molecular weight is 383 g/mol. The summed E-state index contributed by atoms with van der Waals surface area (Å²) in [7, 11) is 1.67. The molecule has 0 bridgehead atoms. The Balaban J connectivity index is 1.55. The first-order valence-electron chi connectivity index (χ1n) is 9.95. The molecule has 3 rings (SSSR count). The van der Waals surface area contributed by atoms with Crippen LogP contribution in [0.4, 0.5) is 11.5 Å². The summed E-state index contributed by atoms with van der Waals surface area (Å²) >= 11 is 0. The van der Waals surface area contributed by atoms with Gasteiger partial charge in [0.05, 0.1) is 7.11 Å². The number of anilines is 2. The van der Waals surface area contributed by atoms with Gasteiger partial charge in [0, 0.05) is 50.2 Å². The van der Waals surface area contributed by atoms with Crippen molar-refractivity contribution < 1.29 is 9.53 Å². The molecule has 28 heavy (non-hydrogen) atoms. The highest BCUT2D eigenvalue weighted by Gasteiger charge is 2.22. The summed E-state index contributed by atoms with van der Waals surface area (Å²) in [6.07, 6.45) is 2.78. The van der Waals surface area contributed by atoms with Crippen molar-refractivity contribution in [1.82, 2.24) is 9.88 Å². The number of aromatic nitrogens is 1. The van der Waals surface area contributed by atoms with Crippen molar-refractivity contribution in [1.29, 1.82) is 0 Å². The molecule has 2 heterocycles. The third-order valence-electron chi connectivity index (χ3n) is 5.04. The molecule has 1 N–H and O–H groups in total. The molecule has 0 atom stereocenters. The van der Waals surface area contributed by atoms with E-state index in [2.05, 4.69) is 41.2 Å². The summed E-state index contributed by atoms with van der Waals surface area (Å²) in [6.45, 7) is 8.32. The van der Waals surface area contributed by atoms with Gasteiger partial charge in [0.2, 0.25) is 0 Å². The SMILES string of the molecule is COc1ccc(N2CCN(C(=O)c3ccnc(NCCC(C)C)c3)CC2)cc1. The van der Waals surface area contributed by atoms with E-state index >= 15 is 0 Å². The number of amides is 1. The fraction of sp³-hybridized carbons (Fsp3) is 0.455. The van der Waals surface area contributed by atoms with Crippen LogP contribution in [-0.2, 0) is 0 Å². The third kappa shape index (κ3) is 5.15. The Morgan fingerprint density at radius 1 is 1.14 bits per heavy atom. The van der Waals surface area contributed by atoms with Crippen LogP contribution in [0, 0.1) is 5.92 Å². The summed E-state index contributed by atoms with van der Waals surface area (Å²) in [5, 5.41) is 3.31. The summed E-state index contributed by atoms with van der Waals surface area (Å²) in [6, 6.07) is 11.7. The molecule has 6 heteroatoms. The first-order valence-corrected chi connectivity index (χ1v) is 9.95. The summed E-state index contributed by atoms with van der Waals surface area (Å²) < 4.78 is 5.22. The van der Waals surface area contributed by atoms with E-state index in [1.165, 1.54) is 0 Å². The molecule has 0 saturated carbocycles. The van der Waals surface area contributed by atoms with Gasteiger partial charge in [-0.1, -0.05) is 13.8 Å². The number of benzene rings is 1. The number of pyridine rings is 1. The highest BCUT2D eigenvalue weighted by Crippen LogP contribution is 2.21. The Morgan fingerprint density at radius 3 is 2.50 bits per heavy atom. The van der Waals surface area contributed by atoms with Crippen LogP contribution in [0.2, 0.25) is 0 Å². The Kier molecular flexibility index (Phi) is 6.74. The predicted molar refractivity (Wildman–Crippen MR) is 113 cm³/mol. The molecule has 1 aromatic carbocycles. The Morgan fingerprint density at radius 2 is 1.86 bits per heavy atom. The maximum Gasteiger partial charge on any atom is 0.254 e. The number of nitrogens with zero attached hydrogens (tertiary/aromatic N) is 3. The molecule has 0 spiro atoms. The lowest BCUT2D eigenvalue weighted by Crippen LogP contribution is -2.48. The highest BCUT2D eigenvalue weighted by atomic mass is 16.5. The summed E-state index contributed by atoms with van der Waals surface area (Å²) in [5.74, 6) is 2.33. The van der Waals surface area contributed by atoms with Gasteiger partial charge in [0.15, 0.2) is 0 Å². The molecule has 1 aliphatic rings. The molecule has 1 amide bonds. The van der Waals surface area contributed by atoms with Gasteiger partial charge in [-0.05, 0) is 48.7 Å². The first-order chi connectivity index (χ1) is 13.6. The largest absolute Gasteiger partial charge is 0.497 e. The smallest absolute Gasteiger partial charge is 0.254 e. The number of nitrogens with one attached hydrogen (secondary N) is 1. The minimum Gasteiger partial charge on any atom is -0.497 e. The molecule has 0 unspecified atom stereocenters. The van der Waals surface area contributed by atoms with Crippen LogP contribution in [0.25, 0.3) is 0 Å². The van der Waals surface area contributed by atoms with E-state index < -0.39 is 0 Å². The predicted octanol–water partition coefficient (Wildman–Crippen LogP) is 3.51. The second-order valence-corrected chi connectivity index (χ2v) is 7.52. The fourth-order valence-corrected chi connectivity index (χ4v) is 3.29. The zero-order chi connectivity index (χ0) is 19.9. The number of rotatable bonds is 7. The Bertz CT molecular complexity index is 768. The second kappa shape index (κ2) is 9.44. The van der Waals surface area contributed by atoms with Crippen molar-refractivity contribution in [3.05, 3.63) is 48.2 Å². The number of carbonyl (C=O) groups is 1. The van der Waals surface area contributed by atoms with Gasteiger partial charge in [0.25, 0.3) is 5.91 Å². The third-order valence-corrected chi connectivity index (χ3v) is 5.04. The molecule has 1 aliphatic heterocycles. The molecular weight excluding hydrogens is 352 g/mol. The van der Waals surface area contributed by atoms with Gasteiger partial charge >= 0.3 is 0 Å². The van der Waals surface area contributed by atoms with Crippen LogP contribution in [0.15, 0.2) is 42.6 Å². The van der Waals surface area contributed by atoms with E-state index in [9.17, 15) is 4.79 Å². The van der Waals surface area contributed by atoms with Crippen molar-refractivity contribution in [3.63, 3.8) is 0 Å². The first kappa shape index (κ1) is 20.0. The van der Waals surface area contributed by atoms with Crippen molar-refractivity contribution in [2.75, 3.05) is 50.1 Å². The van der Waals surface area contributed by atoms with Gasteiger partial charge in [-0.3, -0.25) is 4.79 Å². The lowest BCUT2D eigenvalue weighted by Gasteiger charge is -2.36. The molecule has 6 nitrogen and oxygen atoms in total. The van der Waals surface area contributed by atoms with Crippen LogP contribution in [0.5, 0.6) is 5.75 Å². The van der Waals surface area contributed by atoms with Gasteiger partial charge in [-0.15, -0.1) is 0 Å². The van der Waals surface area contributed by atoms with Crippen molar-refractivity contribution in [2.24, 2.45) is 5.92 Å². The fourth-order valence-electron chi connectivity index (χ4n) is 3.29. The minimum absolute atomic E-state index is 0.0729. The van der Waals surface area contributed by atoms with E-state index in [4.69, 9.17) is 4.74 Å². The van der Waals surface area contributed by atoms with Gasteiger partial charge in [-0.2, -0.15) is 0 Å². The molecular formula is C22H30N4O2. The standard InChI is InChI=1S/C22H30N4O2/c1-17(2)8-10-23-21-16-18(9-11-24-21)22(27)26-14-12-25(13-15-26)19-4-6-20(28-3)7-5-19/h4-7,9,11,16-17H,8,10,12-15H2,1-3H3,(H,23,24). The number of hydrogen-bond donors (Lipinski definition) is 1. The molecule has 150 valence electrons. The number of ether oxygens (including phenoxy) is 1. The number of carbonyl (C=O) groups excluding carboxylic acids is 1. The second-order valence-electron chi connectivity index (χ2n) is 7.52. The summed E-state index contributed by atoms with van der Waals surface area (Å²) in [4.78, 5) is 21.4. The van der Waals surface area contributed by atoms with E-state index in [0.717, 1.165) is 43.3 Å². The number of methoxy groups -OCH3 is 1. The molecule has 1 aromatic heterocycles. The van der Waals surface area contributed by atoms with Crippen LogP contribution in [0.1, 0.15) is 30.6 Å². The zero-order valence-electron chi connectivity index (χ0n) is 17.0. The van der Waals surface area contributed by atoms with E-state index in [1.807, 2.05) is 23.1 Å². The lowest BCUT2D eigenvalue weighted by molar-refractivity contribution is 0.0746. The maximum atomic E-state index is 12.9. The normalized spacial score (nSPS) is 14.3. The number of piperazine rings is 1. The average Bonchev–Trinajstić information content (AvgIpc) is 2.73. The van der Waals surface area contributed by atoms with E-state index in [-0.39, 0.29) is 5.91 Å². The van der Waals surface area contributed by atoms with Crippen LogP contribution in [-0.4, -0.2) is 55.6 Å². The molecule has 2 aromatic rings. The molecule has 0 aliphatic carbocycles. The van der Waals surface area contributed by atoms with E-state index in [1.54, 1.807) is 19.4 Å². The topological polar surface area (TPSA) is 57.7 Å². The van der Waals surface area contributed by atoms with Crippen molar-refractivity contribution in [3.8, 4) is 5.75 Å². The van der Waals surface area contributed by atoms with Crippen LogP contribution in [0.3, 0.4) is 0 Å². The van der Waals surface area contributed by atoms with Gasteiger partial charge in [0.1, 0.15) is 11.6 Å². The number of hydrogen-bond acceptors (Lipinski definition) is 5. The van der Waals surface area contributed by atoms with Crippen LogP contribution < -0.4 is 15.0 Å². The van der Waals surface area contributed by atoms with Gasteiger partial charge in [-0.25, -0.2) is 4.98 Å². The van der Waals surface area contributed by atoms with E-state index in [0.29, 0.717) is 24.6 Å². The summed E-state index contributed by atoms with van der Waals surface area (Å²) in [5.41, 5.74) is 1.85. The van der Waals surface area contributed by atoms with Crippen molar-refractivity contribution in [2.45, 2.75) is 20.3 Å². The zero-order valence-corrected chi connectivity index (χ0v) is 17.0. The minimum atomic E-state index is 0.0729. The molecule has 1 saturated heterocycles. The lowest BCUT2D eigenvalue weighted by atomic mass is 10.1. The Labute approximate surface area is 167 Å².